The van der Waals surface area contributed by atoms with E-state index in [1.54, 1.807) is 13.8 Å². The van der Waals surface area contributed by atoms with Crippen LogP contribution in [0.1, 0.15) is 97.5 Å². The lowest BCUT2D eigenvalue weighted by atomic mass is 9.96. The summed E-state index contributed by atoms with van der Waals surface area (Å²) in [5.41, 5.74) is 16.4. The van der Waals surface area contributed by atoms with Gasteiger partial charge in [0.05, 0.1) is 19.5 Å². The molecule has 0 saturated carbocycles. The molecule has 25 nitrogen and oxygen atoms in total. The van der Waals surface area contributed by atoms with Crippen molar-refractivity contribution >= 4 is 70.9 Å². The summed E-state index contributed by atoms with van der Waals surface area (Å²) in [6.45, 7) is 6.03. The second-order valence-electron chi connectivity index (χ2n) is 17.7. The van der Waals surface area contributed by atoms with Crippen molar-refractivity contribution in [2.45, 2.75) is 135 Å². The van der Waals surface area contributed by atoms with Crippen molar-refractivity contribution in [3.05, 3.63) is 29.8 Å². The van der Waals surface area contributed by atoms with Crippen LogP contribution in [0.4, 0.5) is 0 Å². The van der Waals surface area contributed by atoms with Gasteiger partial charge in [-0.3, -0.25) is 57.5 Å². The van der Waals surface area contributed by atoms with E-state index in [0.29, 0.717) is 12.0 Å². The Bertz CT molecular complexity index is 2050. The molecule has 0 radical (unpaired) electrons. The van der Waals surface area contributed by atoms with Gasteiger partial charge in [0.15, 0.2) is 0 Å². The lowest BCUT2D eigenvalue weighted by Gasteiger charge is -2.29. The molecule has 388 valence electrons. The number of phenols is 1. The summed E-state index contributed by atoms with van der Waals surface area (Å²) in [5, 5.41) is 30.0. The van der Waals surface area contributed by atoms with Crippen LogP contribution in [0.2, 0.25) is 0 Å². The average Bonchev–Trinajstić information content (AvgIpc) is 3.28. The molecular formula is C45H70N12O13. The van der Waals surface area contributed by atoms with Gasteiger partial charge in [0, 0.05) is 39.3 Å². The third kappa shape index (κ3) is 21.7. The van der Waals surface area contributed by atoms with Crippen LogP contribution in [0, 0.1) is 11.8 Å². The first-order chi connectivity index (χ1) is 32.9. The molecular weight excluding hydrogens is 917 g/mol. The molecule has 1 aliphatic heterocycles. The predicted octanol–water partition coefficient (Wildman–Crippen LogP) is -3.78. The molecule has 0 unspecified atom stereocenters. The Balaban J connectivity index is 2.45. The number of primary amides is 3. The van der Waals surface area contributed by atoms with Gasteiger partial charge < -0.3 is 69.7 Å². The maximum Gasteiger partial charge on any atom is 0.243 e. The minimum absolute atomic E-state index is 0.0103. The molecule has 0 aliphatic carbocycles. The Kier molecular flexibility index (Phi) is 24.8. The first-order valence-electron chi connectivity index (χ1n) is 23.1. The molecule has 1 aromatic carbocycles. The van der Waals surface area contributed by atoms with E-state index >= 15 is 0 Å². The molecule has 1 aromatic rings. The van der Waals surface area contributed by atoms with Crippen LogP contribution in [0.25, 0.3) is 0 Å². The van der Waals surface area contributed by atoms with Crippen LogP contribution < -0.4 is 59.7 Å². The SMILES string of the molecule is CC[C@H](C)[C@@H]1NC(=O)[C@H](Cc2ccc(O)cc2)NC(=O)CN(C)C(=O)CC[C@@H](C(=O)NCCCCC(=O)N[C@@H](CC(C)C)C(=O)NCC(N)=O)NC(=O)[C@H](CC(N)=O)NC(=O)[C@H](CCC(N)=O)NC1=O. The van der Waals surface area contributed by atoms with E-state index in [4.69, 9.17) is 17.2 Å². The van der Waals surface area contributed by atoms with E-state index < -0.39 is 152 Å². The predicted molar refractivity (Wildman–Crippen MR) is 250 cm³/mol. The van der Waals surface area contributed by atoms with Crippen molar-refractivity contribution in [1.82, 2.24) is 47.4 Å². The number of nitrogens with one attached hydrogen (secondary N) is 8. The normalized spacial score (nSPS) is 20.8. The highest BCUT2D eigenvalue weighted by molar-refractivity contribution is 5.98. The van der Waals surface area contributed by atoms with Gasteiger partial charge >= 0.3 is 0 Å². The number of amides is 12. The smallest absolute Gasteiger partial charge is 0.243 e. The number of rotatable bonds is 21. The van der Waals surface area contributed by atoms with E-state index in [1.807, 2.05) is 13.8 Å². The zero-order chi connectivity index (χ0) is 52.7. The third-order valence-electron chi connectivity index (χ3n) is 11.2. The summed E-state index contributed by atoms with van der Waals surface area (Å²) < 4.78 is 0. The van der Waals surface area contributed by atoms with Crippen LogP contribution >= 0.6 is 0 Å². The van der Waals surface area contributed by atoms with Gasteiger partial charge in [0.1, 0.15) is 42.0 Å². The molecule has 1 heterocycles. The molecule has 1 fully saturated rings. The fourth-order valence-corrected chi connectivity index (χ4v) is 7.09. The largest absolute Gasteiger partial charge is 0.508 e. The summed E-state index contributed by atoms with van der Waals surface area (Å²) in [6, 6.07) is -2.68. The van der Waals surface area contributed by atoms with E-state index in [2.05, 4.69) is 42.5 Å². The second-order valence-corrected chi connectivity index (χ2v) is 17.7. The molecule has 2 rings (SSSR count). The number of unbranched alkanes of at least 4 members (excludes halogenated alkanes) is 1. The maximum atomic E-state index is 14.0. The van der Waals surface area contributed by atoms with Crippen molar-refractivity contribution in [1.29, 1.82) is 0 Å². The number of benzene rings is 1. The van der Waals surface area contributed by atoms with E-state index in [9.17, 15) is 62.6 Å². The second kappa shape index (κ2) is 29.5. The quantitative estimate of drug-likeness (QED) is 0.0527. The number of phenolic OH excluding ortho intramolecular Hbond substituents is 1. The highest BCUT2D eigenvalue weighted by atomic mass is 16.3. The fraction of sp³-hybridized carbons (Fsp3) is 0.600. The lowest BCUT2D eigenvalue weighted by molar-refractivity contribution is -0.138. The maximum absolute atomic E-state index is 14.0. The number of hydrogen-bond donors (Lipinski definition) is 12. The Morgan fingerprint density at radius 3 is 1.99 bits per heavy atom. The Hall–Kier alpha value is -7.34. The monoisotopic (exact) mass is 987 g/mol. The third-order valence-corrected chi connectivity index (χ3v) is 11.2. The van der Waals surface area contributed by atoms with Gasteiger partial charge in [-0.2, -0.15) is 0 Å². The van der Waals surface area contributed by atoms with Crippen molar-refractivity contribution in [3.8, 4) is 5.75 Å². The summed E-state index contributed by atoms with van der Waals surface area (Å²) in [4.78, 5) is 158. The Labute approximate surface area is 406 Å². The number of nitrogens with two attached hydrogens (primary N) is 3. The van der Waals surface area contributed by atoms with Gasteiger partial charge in [-0.1, -0.05) is 46.2 Å². The van der Waals surface area contributed by atoms with Crippen LogP contribution in [0.3, 0.4) is 0 Å². The topological polar surface area (TPSA) is 403 Å². The van der Waals surface area contributed by atoms with Gasteiger partial charge in [0.25, 0.3) is 0 Å². The molecule has 25 heteroatoms. The molecule has 7 atom stereocenters. The molecule has 1 aliphatic rings. The summed E-state index contributed by atoms with van der Waals surface area (Å²) in [5.74, 6) is -10.5. The van der Waals surface area contributed by atoms with Crippen molar-refractivity contribution < 1.29 is 62.6 Å². The minimum Gasteiger partial charge on any atom is -0.508 e. The zero-order valence-corrected chi connectivity index (χ0v) is 40.4. The summed E-state index contributed by atoms with van der Waals surface area (Å²) >= 11 is 0. The van der Waals surface area contributed by atoms with Gasteiger partial charge in [-0.25, -0.2) is 0 Å². The molecule has 12 amide bonds. The van der Waals surface area contributed by atoms with Crippen LogP contribution in [0.5, 0.6) is 5.75 Å². The number of carbonyl (C=O) groups excluding carboxylic acids is 12. The molecule has 0 aromatic heterocycles. The standard InChI is InChI=1S/C45H70N12O13/c1-6-25(4)39-45(70)54-29(14-16-33(46)59)42(67)55-32(21-34(47)60)43(68)53-28(40(65)49-18-8-7-9-36(62)51-30(19-24(2)3)41(66)50-22-35(48)61)15-17-38(64)57(5)23-37(63)52-31(44(69)56-39)20-26-10-12-27(58)13-11-26/h10-13,24-25,28-32,39,58H,6-9,14-23H2,1-5H3,(H2,46,59)(H2,47,60)(H2,48,61)(H,49,65)(H,50,66)(H,51,62)(H,52,63)(H,53,68)(H,54,70)(H,55,67)(H,56,69)/t25-,28-,29-,30-,31-,32-,39-/m0/s1. The minimum atomic E-state index is -1.76. The number of likely N-dealkylation sites (N-methyl/N-ethyl adjacent to an activating group) is 1. The molecule has 0 bridgehead atoms. The van der Waals surface area contributed by atoms with E-state index in [0.717, 1.165) is 4.90 Å². The summed E-state index contributed by atoms with van der Waals surface area (Å²) in [6.07, 6.45) is -1.58. The molecule has 0 spiro atoms. The van der Waals surface area contributed by atoms with Crippen LogP contribution in [0.15, 0.2) is 24.3 Å². The molecule has 70 heavy (non-hydrogen) atoms. The number of hydrogen-bond acceptors (Lipinski definition) is 13. The highest BCUT2D eigenvalue weighted by Crippen LogP contribution is 2.15. The Morgan fingerprint density at radius 2 is 1.39 bits per heavy atom. The average molecular weight is 987 g/mol. The van der Waals surface area contributed by atoms with Crippen molar-refractivity contribution in [2.75, 3.05) is 26.7 Å². The number of carbonyl (C=O) groups is 12. The van der Waals surface area contributed by atoms with Crippen LogP contribution in [-0.4, -0.2) is 144 Å². The lowest BCUT2D eigenvalue weighted by Crippen LogP contribution is -2.61. The van der Waals surface area contributed by atoms with Crippen molar-refractivity contribution in [3.63, 3.8) is 0 Å². The van der Waals surface area contributed by atoms with Crippen molar-refractivity contribution in [2.24, 2.45) is 29.0 Å². The number of aromatic hydroxyl groups is 1. The van der Waals surface area contributed by atoms with Crippen LogP contribution in [-0.2, 0) is 64.0 Å². The highest BCUT2D eigenvalue weighted by Gasteiger charge is 2.35. The molecule has 1 saturated heterocycles. The molecule has 15 N–H and O–H groups in total. The van der Waals surface area contributed by atoms with E-state index in [1.165, 1.54) is 31.3 Å². The summed E-state index contributed by atoms with van der Waals surface area (Å²) in [7, 11) is 1.29. The Morgan fingerprint density at radius 1 is 0.757 bits per heavy atom. The van der Waals surface area contributed by atoms with Gasteiger partial charge in [0.2, 0.25) is 70.9 Å². The first kappa shape index (κ1) is 58.8. The van der Waals surface area contributed by atoms with Gasteiger partial charge in [-0.05, 0) is 61.6 Å². The van der Waals surface area contributed by atoms with E-state index in [-0.39, 0.29) is 56.7 Å². The number of nitrogens with zero attached hydrogens (tertiary/aromatic N) is 1. The zero-order valence-electron chi connectivity index (χ0n) is 40.4. The first-order valence-corrected chi connectivity index (χ1v) is 23.1. The fourth-order valence-electron chi connectivity index (χ4n) is 7.09. The van der Waals surface area contributed by atoms with Gasteiger partial charge in [-0.15, -0.1) is 0 Å².